The summed E-state index contributed by atoms with van der Waals surface area (Å²) in [5, 5.41) is 2.33. The second kappa shape index (κ2) is 5.69. The van der Waals surface area contributed by atoms with Crippen LogP contribution in [0.5, 0.6) is 0 Å². The zero-order chi connectivity index (χ0) is 10.3. The van der Waals surface area contributed by atoms with E-state index >= 15 is 0 Å². The molecular formula is C13H13NSe. The van der Waals surface area contributed by atoms with Crippen LogP contribution >= 0.6 is 0 Å². The van der Waals surface area contributed by atoms with Crippen LogP contribution in [0.1, 0.15) is 11.3 Å². The van der Waals surface area contributed by atoms with Crippen molar-refractivity contribution >= 4 is 15.0 Å². The van der Waals surface area contributed by atoms with Gasteiger partial charge < -0.3 is 0 Å². The molecule has 0 amide bonds. The Morgan fingerprint density at radius 1 is 0.867 bits per heavy atom. The Hall–Kier alpha value is -1.11. The summed E-state index contributed by atoms with van der Waals surface area (Å²) in [4.78, 5) is 4.33. The van der Waals surface area contributed by atoms with E-state index in [0.717, 1.165) is 5.32 Å². The molecule has 0 radical (unpaired) electrons. The van der Waals surface area contributed by atoms with Gasteiger partial charge in [-0.15, -0.1) is 0 Å². The molecule has 0 aliphatic carbocycles. The molecule has 0 unspecified atom stereocenters. The van der Waals surface area contributed by atoms with E-state index in [1.54, 1.807) is 0 Å². The Balaban J connectivity index is 1.81. The zero-order valence-corrected chi connectivity index (χ0v) is 10.2. The molecule has 0 aliphatic heterocycles. The molecule has 0 aliphatic rings. The summed E-state index contributed by atoms with van der Waals surface area (Å²) in [6, 6.07) is 16.8. The van der Waals surface area contributed by atoms with E-state index < -0.39 is 0 Å². The molecule has 2 aromatic rings. The zero-order valence-electron chi connectivity index (χ0n) is 8.47. The van der Waals surface area contributed by atoms with Crippen molar-refractivity contribution < 1.29 is 0 Å². The molecule has 1 heterocycles. The van der Waals surface area contributed by atoms with E-state index in [0.29, 0.717) is 15.0 Å². The van der Waals surface area contributed by atoms with Crippen molar-refractivity contribution in [3.05, 3.63) is 66.0 Å². The first-order chi connectivity index (χ1) is 7.45. The molecule has 15 heavy (non-hydrogen) atoms. The Bertz CT molecular complexity index is 346. The van der Waals surface area contributed by atoms with Crippen LogP contribution in [0.3, 0.4) is 0 Å². The maximum atomic E-state index is 4.33. The maximum absolute atomic E-state index is 4.33. The average molecular weight is 262 g/mol. The van der Waals surface area contributed by atoms with Gasteiger partial charge in [-0.05, 0) is 0 Å². The van der Waals surface area contributed by atoms with Gasteiger partial charge in [0.2, 0.25) is 0 Å². The van der Waals surface area contributed by atoms with E-state index in [9.17, 15) is 0 Å². The molecule has 1 aromatic heterocycles. The molecule has 76 valence electrons. The molecule has 0 spiro atoms. The van der Waals surface area contributed by atoms with E-state index in [2.05, 4.69) is 47.4 Å². The van der Waals surface area contributed by atoms with Gasteiger partial charge in [-0.25, -0.2) is 0 Å². The SMILES string of the molecule is c1ccc(C[Se]Cc2ccccn2)cc1. The Morgan fingerprint density at radius 3 is 2.40 bits per heavy atom. The van der Waals surface area contributed by atoms with Crippen molar-refractivity contribution in [3.8, 4) is 0 Å². The molecule has 0 saturated heterocycles. The van der Waals surface area contributed by atoms with Gasteiger partial charge in [0.25, 0.3) is 0 Å². The third-order valence-corrected chi connectivity index (χ3v) is 4.26. The van der Waals surface area contributed by atoms with Gasteiger partial charge in [-0.1, -0.05) is 0 Å². The van der Waals surface area contributed by atoms with Crippen molar-refractivity contribution in [3.63, 3.8) is 0 Å². The van der Waals surface area contributed by atoms with Crippen molar-refractivity contribution in [2.75, 3.05) is 0 Å². The Morgan fingerprint density at radius 2 is 1.67 bits per heavy atom. The summed E-state index contributed by atoms with van der Waals surface area (Å²) in [5.41, 5.74) is 2.65. The summed E-state index contributed by atoms with van der Waals surface area (Å²) in [6.45, 7) is 0. The van der Waals surface area contributed by atoms with Crippen molar-refractivity contribution in [2.24, 2.45) is 0 Å². The summed E-state index contributed by atoms with van der Waals surface area (Å²) >= 11 is 0.621. The first kappa shape index (κ1) is 10.4. The minimum absolute atomic E-state index is 0.621. The number of benzene rings is 1. The summed E-state index contributed by atoms with van der Waals surface area (Å²) in [7, 11) is 0. The minimum atomic E-state index is 0.621. The normalized spacial score (nSPS) is 10.1. The van der Waals surface area contributed by atoms with E-state index in [4.69, 9.17) is 0 Å². The second-order valence-corrected chi connectivity index (χ2v) is 5.37. The van der Waals surface area contributed by atoms with E-state index in [1.165, 1.54) is 16.6 Å². The van der Waals surface area contributed by atoms with Crippen molar-refractivity contribution in [2.45, 2.75) is 10.6 Å². The quantitative estimate of drug-likeness (QED) is 0.771. The van der Waals surface area contributed by atoms with Gasteiger partial charge in [0, 0.05) is 0 Å². The van der Waals surface area contributed by atoms with Gasteiger partial charge in [0.05, 0.1) is 0 Å². The number of rotatable bonds is 4. The fourth-order valence-corrected chi connectivity index (χ4v) is 3.24. The Labute approximate surface area is 96.7 Å². The monoisotopic (exact) mass is 263 g/mol. The molecule has 0 saturated carbocycles. The fraction of sp³-hybridized carbons (Fsp3) is 0.154. The first-order valence-electron chi connectivity index (χ1n) is 4.97. The predicted molar refractivity (Wildman–Crippen MR) is 63.8 cm³/mol. The van der Waals surface area contributed by atoms with Gasteiger partial charge >= 0.3 is 96.6 Å². The number of hydrogen-bond donors (Lipinski definition) is 0. The molecule has 0 bridgehead atoms. The van der Waals surface area contributed by atoms with E-state index in [1.807, 2.05) is 12.3 Å². The van der Waals surface area contributed by atoms with Crippen LogP contribution in [0.25, 0.3) is 0 Å². The van der Waals surface area contributed by atoms with Gasteiger partial charge in [-0.3, -0.25) is 0 Å². The average Bonchev–Trinajstić information content (AvgIpc) is 2.32. The topological polar surface area (TPSA) is 12.9 Å². The number of aromatic nitrogens is 1. The van der Waals surface area contributed by atoms with Crippen LogP contribution < -0.4 is 0 Å². The molecular weight excluding hydrogens is 249 g/mol. The molecule has 1 nitrogen and oxygen atoms in total. The second-order valence-electron chi connectivity index (χ2n) is 3.30. The third kappa shape index (κ3) is 3.50. The first-order valence-corrected chi connectivity index (χ1v) is 7.39. The number of nitrogens with zero attached hydrogens (tertiary/aromatic N) is 1. The summed E-state index contributed by atoms with van der Waals surface area (Å²) in [6.07, 6.45) is 1.87. The van der Waals surface area contributed by atoms with E-state index in [-0.39, 0.29) is 0 Å². The molecule has 0 fully saturated rings. The van der Waals surface area contributed by atoms with Crippen LogP contribution in [0.4, 0.5) is 0 Å². The van der Waals surface area contributed by atoms with Gasteiger partial charge in [0.1, 0.15) is 0 Å². The third-order valence-electron chi connectivity index (χ3n) is 2.09. The standard InChI is InChI=1S/C13H13NSe/c1-2-6-12(7-3-1)10-15-11-13-8-4-5-9-14-13/h1-9H,10-11H2. The van der Waals surface area contributed by atoms with Crippen LogP contribution in [-0.4, -0.2) is 19.9 Å². The fourth-order valence-electron chi connectivity index (χ4n) is 1.33. The Kier molecular flexibility index (Phi) is 3.95. The predicted octanol–water partition coefficient (Wildman–Crippen LogP) is 2.49. The van der Waals surface area contributed by atoms with Crippen molar-refractivity contribution in [1.29, 1.82) is 0 Å². The molecule has 0 atom stereocenters. The molecule has 1 aromatic carbocycles. The van der Waals surface area contributed by atoms with Crippen molar-refractivity contribution in [1.82, 2.24) is 4.98 Å². The summed E-state index contributed by atoms with van der Waals surface area (Å²) < 4.78 is 0. The van der Waals surface area contributed by atoms with Crippen LogP contribution in [-0.2, 0) is 10.6 Å². The van der Waals surface area contributed by atoms with Gasteiger partial charge in [-0.2, -0.15) is 0 Å². The molecule has 2 heteroatoms. The molecule has 2 rings (SSSR count). The van der Waals surface area contributed by atoms with Crippen LogP contribution in [0.2, 0.25) is 0 Å². The summed E-state index contributed by atoms with van der Waals surface area (Å²) in [5.74, 6) is 0. The van der Waals surface area contributed by atoms with Crippen LogP contribution in [0, 0.1) is 0 Å². The number of pyridine rings is 1. The number of hydrogen-bond acceptors (Lipinski definition) is 1. The molecule has 0 N–H and O–H groups in total. The van der Waals surface area contributed by atoms with Gasteiger partial charge in [0.15, 0.2) is 0 Å². The van der Waals surface area contributed by atoms with Crippen LogP contribution in [0.15, 0.2) is 54.7 Å².